The lowest BCUT2D eigenvalue weighted by molar-refractivity contribution is 0.101. The third kappa shape index (κ3) is 4.48. The summed E-state index contributed by atoms with van der Waals surface area (Å²) in [5.74, 6) is 0.157. The van der Waals surface area contributed by atoms with Gasteiger partial charge in [-0.25, -0.2) is 9.67 Å². The van der Waals surface area contributed by atoms with Crippen LogP contribution in [0.1, 0.15) is 27.3 Å². The largest absolute Gasteiger partial charge is 0.319 e. The summed E-state index contributed by atoms with van der Waals surface area (Å²) < 4.78 is 1.63. The molecule has 1 N–H and O–H groups in total. The maximum Gasteiger partial charge on any atom is 0.295 e. The topological polar surface area (TPSA) is 59.8 Å². The number of aromatic nitrogens is 3. The lowest BCUT2D eigenvalue weighted by Crippen LogP contribution is -2.15. The van der Waals surface area contributed by atoms with Crippen LogP contribution in [0.5, 0.6) is 0 Å². The van der Waals surface area contributed by atoms with Gasteiger partial charge in [0.05, 0.1) is 5.69 Å². The summed E-state index contributed by atoms with van der Waals surface area (Å²) in [5, 5.41) is 8.58. The average molecular weight is 451 g/mol. The fraction of sp³-hybridized carbons (Fsp3) is 0.125. The minimum absolute atomic E-state index is 0.0512. The van der Waals surface area contributed by atoms with E-state index < -0.39 is 5.91 Å². The predicted octanol–water partition coefficient (Wildman–Crippen LogP) is 6.42. The third-order valence-corrected chi connectivity index (χ3v) is 5.40. The lowest BCUT2D eigenvalue weighted by Gasteiger charge is -2.10. The molecule has 0 radical (unpaired) electrons. The lowest BCUT2D eigenvalue weighted by atomic mass is 10.1. The normalized spacial score (nSPS) is 10.9. The van der Waals surface area contributed by atoms with Crippen LogP contribution in [0.4, 0.5) is 5.69 Å². The van der Waals surface area contributed by atoms with Crippen molar-refractivity contribution < 1.29 is 4.79 Å². The van der Waals surface area contributed by atoms with Crippen LogP contribution in [0.25, 0.3) is 17.1 Å². The molecule has 0 atom stereocenters. The number of nitrogens with one attached hydrogen (secondary N) is 1. The van der Waals surface area contributed by atoms with E-state index in [0.29, 0.717) is 15.9 Å². The van der Waals surface area contributed by atoms with E-state index in [4.69, 9.17) is 23.2 Å². The van der Waals surface area contributed by atoms with Crippen LogP contribution in [0, 0.1) is 20.8 Å². The molecule has 0 spiro atoms. The van der Waals surface area contributed by atoms with Crippen LogP contribution in [0.2, 0.25) is 10.0 Å². The maximum atomic E-state index is 13.0. The van der Waals surface area contributed by atoms with Gasteiger partial charge in [-0.05, 0) is 67.8 Å². The predicted molar refractivity (Wildman–Crippen MR) is 125 cm³/mol. The number of aryl methyl sites for hydroxylation is 3. The monoisotopic (exact) mass is 450 g/mol. The highest BCUT2D eigenvalue weighted by atomic mass is 35.5. The molecule has 7 heteroatoms. The molecule has 1 amide bonds. The number of benzene rings is 3. The molecule has 0 fully saturated rings. The molecule has 5 nitrogen and oxygen atoms in total. The van der Waals surface area contributed by atoms with E-state index in [1.54, 1.807) is 22.9 Å². The summed E-state index contributed by atoms with van der Waals surface area (Å²) in [6.07, 6.45) is 0. The van der Waals surface area contributed by atoms with Gasteiger partial charge in [0.2, 0.25) is 5.82 Å². The van der Waals surface area contributed by atoms with Crippen LogP contribution >= 0.6 is 23.2 Å². The molecule has 0 saturated heterocycles. The fourth-order valence-corrected chi connectivity index (χ4v) is 3.61. The van der Waals surface area contributed by atoms with Crippen molar-refractivity contribution in [3.8, 4) is 17.1 Å². The zero-order chi connectivity index (χ0) is 22.1. The van der Waals surface area contributed by atoms with Gasteiger partial charge in [0.1, 0.15) is 0 Å². The zero-order valence-electron chi connectivity index (χ0n) is 17.3. The second-order valence-corrected chi connectivity index (χ2v) is 8.26. The fourth-order valence-electron chi connectivity index (χ4n) is 3.25. The van der Waals surface area contributed by atoms with Gasteiger partial charge in [-0.2, -0.15) is 0 Å². The van der Waals surface area contributed by atoms with E-state index in [1.165, 1.54) is 0 Å². The van der Waals surface area contributed by atoms with Crippen molar-refractivity contribution in [2.75, 3.05) is 5.32 Å². The third-order valence-electron chi connectivity index (χ3n) is 4.93. The summed E-state index contributed by atoms with van der Waals surface area (Å²) >= 11 is 12.4. The number of anilines is 1. The smallest absolute Gasteiger partial charge is 0.295 e. The highest BCUT2D eigenvalue weighted by molar-refractivity contribution is 6.31. The van der Waals surface area contributed by atoms with Gasteiger partial charge in [-0.1, -0.05) is 53.5 Å². The Bertz CT molecular complexity index is 1300. The number of hydrogen-bond acceptors (Lipinski definition) is 3. The molecule has 1 aromatic heterocycles. The number of nitrogens with zero attached hydrogens (tertiary/aromatic N) is 3. The van der Waals surface area contributed by atoms with Crippen molar-refractivity contribution in [2.24, 2.45) is 0 Å². The summed E-state index contributed by atoms with van der Waals surface area (Å²) in [4.78, 5) is 17.6. The molecule has 3 aromatic carbocycles. The van der Waals surface area contributed by atoms with Crippen molar-refractivity contribution in [3.05, 3.63) is 93.2 Å². The highest BCUT2D eigenvalue weighted by Crippen LogP contribution is 2.27. The molecule has 0 bridgehead atoms. The Balaban J connectivity index is 1.82. The summed E-state index contributed by atoms with van der Waals surface area (Å²) in [6.45, 7) is 5.86. The second-order valence-electron chi connectivity index (χ2n) is 7.38. The molecular formula is C24H20Cl2N4O. The molecular weight excluding hydrogens is 431 g/mol. The first kappa shape index (κ1) is 21.1. The molecule has 0 aliphatic rings. The van der Waals surface area contributed by atoms with Crippen molar-refractivity contribution in [1.29, 1.82) is 0 Å². The van der Waals surface area contributed by atoms with Crippen LogP contribution in [0.3, 0.4) is 0 Å². The van der Waals surface area contributed by atoms with Crippen molar-refractivity contribution >= 4 is 34.8 Å². The number of hydrogen-bond donors (Lipinski definition) is 1. The summed E-state index contributed by atoms with van der Waals surface area (Å²) in [7, 11) is 0. The van der Waals surface area contributed by atoms with E-state index in [2.05, 4.69) is 15.4 Å². The number of carbonyl (C=O) groups is 1. The molecule has 4 aromatic rings. The van der Waals surface area contributed by atoms with Crippen LogP contribution in [-0.4, -0.2) is 20.7 Å². The minimum Gasteiger partial charge on any atom is -0.319 e. The van der Waals surface area contributed by atoms with E-state index in [0.717, 1.165) is 33.6 Å². The van der Waals surface area contributed by atoms with Crippen LogP contribution in [0.15, 0.2) is 60.7 Å². The highest BCUT2D eigenvalue weighted by Gasteiger charge is 2.20. The minimum atomic E-state index is -0.393. The SMILES string of the molecule is Cc1ccc(C)c(NC(=O)c2nc(-c3cccc(Cl)c3)n(-c3cc(Cl)ccc3C)n2)c1. The summed E-state index contributed by atoms with van der Waals surface area (Å²) in [5.41, 5.74) is 5.15. The van der Waals surface area contributed by atoms with Crippen molar-refractivity contribution in [1.82, 2.24) is 14.8 Å². The number of halogens is 2. The molecule has 1 heterocycles. The number of amides is 1. The number of rotatable bonds is 4. The van der Waals surface area contributed by atoms with E-state index in [-0.39, 0.29) is 5.82 Å². The first-order valence-corrected chi connectivity index (χ1v) is 10.5. The van der Waals surface area contributed by atoms with Crippen molar-refractivity contribution in [3.63, 3.8) is 0 Å². The summed E-state index contributed by atoms with van der Waals surface area (Å²) in [6, 6.07) is 18.7. The zero-order valence-corrected chi connectivity index (χ0v) is 18.8. The number of carbonyl (C=O) groups excluding carboxylic acids is 1. The van der Waals surface area contributed by atoms with Gasteiger partial charge in [0, 0.05) is 21.3 Å². The van der Waals surface area contributed by atoms with Gasteiger partial charge >= 0.3 is 0 Å². The molecule has 0 aliphatic heterocycles. The first-order chi connectivity index (χ1) is 14.8. The van der Waals surface area contributed by atoms with Crippen LogP contribution < -0.4 is 5.32 Å². The molecule has 31 heavy (non-hydrogen) atoms. The first-order valence-electron chi connectivity index (χ1n) is 9.70. The molecule has 156 valence electrons. The van der Waals surface area contributed by atoms with Crippen molar-refractivity contribution in [2.45, 2.75) is 20.8 Å². The Labute approximate surface area is 190 Å². The average Bonchev–Trinajstić information content (AvgIpc) is 3.18. The van der Waals surface area contributed by atoms with E-state index in [1.807, 2.05) is 63.2 Å². The van der Waals surface area contributed by atoms with Crippen LogP contribution in [-0.2, 0) is 0 Å². The van der Waals surface area contributed by atoms with E-state index >= 15 is 0 Å². The van der Waals surface area contributed by atoms with Gasteiger partial charge in [-0.3, -0.25) is 4.79 Å². The standard InChI is InChI=1S/C24H20Cl2N4O/c1-14-7-8-15(2)20(11-14)27-24(31)22-28-23(17-5-4-6-18(25)12-17)30(29-22)21-13-19(26)10-9-16(21)3/h4-13H,1-3H3,(H,27,31). The second kappa shape index (κ2) is 8.53. The molecule has 4 rings (SSSR count). The Morgan fingerprint density at radius 2 is 1.65 bits per heavy atom. The van der Waals surface area contributed by atoms with Gasteiger partial charge < -0.3 is 5.32 Å². The van der Waals surface area contributed by atoms with Gasteiger partial charge in [-0.15, -0.1) is 5.10 Å². The molecule has 0 aliphatic carbocycles. The Morgan fingerprint density at radius 3 is 2.42 bits per heavy atom. The Hall–Kier alpha value is -3.15. The molecule has 0 saturated carbocycles. The van der Waals surface area contributed by atoms with Gasteiger partial charge in [0.15, 0.2) is 5.82 Å². The van der Waals surface area contributed by atoms with E-state index in [9.17, 15) is 4.79 Å². The molecule has 0 unspecified atom stereocenters. The van der Waals surface area contributed by atoms with Gasteiger partial charge in [0.25, 0.3) is 5.91 Å². The Morgan fingerprint density at radius 1 is 0.903 bits per heavy atom. The maximum absolute atomic E-state index is 13.0. The quantitative estimate of drug-likeness (QED) is 0.390. The Kier molecular flexibility index (Phi) is 5.81.